The van der Waals surface area contributed by atoms with Gasteiger partial charge in [0.05, 0.1) is 94.3 Å². The molecule has 0 saturated heterocycles. The molecule has 26 heteroatoms. The first kappa shape index (κ1) is 74.2. The molecular formula is C47H56Cl3F5NaO16P. The van der Waals surface area contributed by atoms with Gasteiger partial charge in [0.1, 0.15) is 75.0 Å². The number of carbonyl (C=O) groups excluding carboxylic acids is 4. The van der Waals surface area contributed by atoms with Gasteiger partial charge >= 0.3 is 34.8 Å². The van der Waals surface area contributed by atoms with Crippen LogP contribution < -0.4 is 72.2 Å². The molecule has 5 aromatic carbocycles. The fourth-order valence-corrected chi connectivity index (χ4v) is 4.67. The maximum Gasteiger partial charge on any atom is 1.00 e. The number of methoxy groups -OCH3 is 8. The van der Waals surface area contributed by atoms with Crippen molar-refractivity contribution in [3.63, 3.8) is 0 Å². The zero-order chi connectivity index (χ0) is 55.8. The molecule has 402 valence electrons. The Hall–Kier alpha value is -5.35. The van der Waals surface area contributed by atoms with Gasteiger partial charge in [-0.1, -0.05) is 12.1 Å². The van der Waals surface area contributed by atoms with Crippen LogP contribution in [0.2, 0.25) is 0 Å². The molecule has 0 unspecified atom stereocenters. The summed E-state index contributed by atoms with van der Waals surface area (Å²) in [6.07, 6.45) is 2.16. The SMILES string of the molecule is CCO.CCOc1cccc(OC)c1C=O.COc1cc(F)c(C=O)c(OC)c1.COc1cc(F)cc(OC)c1.COc1cc(F)cc(OC)c1C=O.COc1cccc(F)c1C=O.O=P(Cl)(Cl)Cl.[2H]CF.[Na+].[OH-]. The van der Waals surface area contributed by atoms with E-state index in [1.807, 2.05) is 6.92 Å². The van der Waals surface area contributed by atoms with Crippen molar-refractivity contribution in [3.05, 3.63) is 124 Å². The monoisotopic (exact) mass is 1130 g/mol. The average molecular weight is 1130 g/mol. The van der Waals surface area contributed by atoms with Crippen molar-refractivity contribution in [2.75, 3.05) is 77.2 Å². The quantitative estimate of drug-likeness (QED) is 0.0475. The van der Waals surface area contributed by atoms with Crippen LogP contribution in [0.4, 0.5) is 22.0 Å². The number of ether oxygens (including phenoxy) is 9. The van der Waals surface area contributed by atoms with E-state index in [1.54, 1.807) is 31.2 Å². The molecule has 0 atom stereocenters. The number of halogens is 8. The second kappa shape index (κ2) is 45.3. The Morgan fingerprint density at radius 2 is 0.822 bits per heavy atom. The van der Waals surface area contributed by atoms with Crippen LogP contribution in [0, 0.1) is 23.3 Å². The Kier molecular flexibility index (Phi) is 46.0. The predicted molar refractivity (Wildman–Crippen MR) is 264 cm³/mol. The molecule has 0 aliphatic carbocycles. The third kappa shape index (κ3) is 31.8. The zero-order valence-electron chi connectivity index (χ0n) is 42.5. The van der Waals surface area contributed by atoms with Gasteiger partial charge < -0.3 is 53.2 Å². The summed E-state index contributed by atoms with van der Waals surface area (Å²) in [6.45, 7) is 4.34. The maximum absolute atomic E-state index is 13.1. The number of aldehydes is 4. The molecule has 0 aliphatic rings. The molecule has 5 rings (SSSR count). The number of rotatable bonds is 14. The van der Waals surface area contributed by atoms with E-state index in [2.05, 4.69) is 33.7 Å². The summed E-state index contributed by atoms with van der Waals surface area (Å²) in [7, 11) is 10.4. The van der Waals surface area contributed by atoms with Crippen molar-refractivity contribution in [1.82, 2.24) is 0 Å². The van der Waals surface area contributed by atoms with E-state index in [-0.39, 0.29) is 87.1 Å². The molecule has 16 nitrogen and oxygen atoms in total. The number of carbonyl (C=O) groups is 4. The van der Waals surface area contributed by atoms with Gasteiger partial charge in [-0.2, -0.15) is 0 Å². The normalized spacial score (nSPS) is 9.16. The number of alkyl halides is 1. The van der Waals surface area contributed by atoms with Crippen LogP contribution in [0.5, 0.6) is 51.7 Å². The number of hydrogen-bond acceptors (Lipinski definition) is 16. The van der Waals surface area contributed by atoms with Gasteiger partial charge in [0.25, 0.3) is 0 Å². The van der Waals surface area contributed by atoms with E-state index in [9.17, 15) is 45.7 Å². The predicted octanol–water partition coefficient (Wildman–Crippen LogP) is 8.93. The second-order valence-corrected chi connectivity index (χ2v) is 18.5. The van der Waals surface area contributed by atoms with Crippen LogP contribution in [0.15, 0.2) is 78.9 Å². The Labute approximate surface area is 458 Å². The summed E-state index contributed by atoms with van der Waals surface area (Å²) in [6, 6.07) is 18.5. The summed E-state index contributed by atoms with van der Waals surface area (Å²) in [4.78, 5) is 42.0. The fraction of sp³-hybridized carbons (Fsp3) is 0.277. The van der Waals surface area contributed by atoms with Gasteiger partial charge in [-0.25, -0.2) is 17.6 Å². The summed E-state index contributed by atoms with van der Waals surface area (Å²) >= 11 is 13.8. The molecule has 0 saturated carbocycles. The van der Waals surface area contributed by atoms with Crippen molar-refractivity contribution >= 4 is 64.1 Å². The molecule has 0 fully saturated rings. The van der Waals surface area contributed by atoms with Gasteiger partial charge in [-0.05, 0) is 71.8 Å². The van der Waals surface area contributed by atoms with Crippen molar-refractivity contribution in [3.8, 4) is 51.7 Å². The number of benzene rings is 5. The second-order valence-electron chi connectivity index (χ2n) is 11.8. The van der Waals surface area contributed by atoms with Gasteiger partial charge in [-0.3, -0.25) is 28.1 Å². The summed E-state index contributed by atoms with van der Waals surface area (Å²) in [5, 5.41) is 4.35. The van der Waals surface area contributed by atoms with Gasteiger partial charge in [0.15, 0.2) is 25.1 Å². The van der Waals surface area contributed by atoms with E-state index in [1.165, 1.54) is 93.3 Å². The topological polar surface area (TPSA) is 219 Å². The number of aliphatic hydroxyl groups excluding tert-OH is 1. The zero-order valence-corrected chi connectivity index (χ0v) is 46.7. The van der Waals surface area contributed by atoms with Crippen LogP contribution in [-0.2, 0) is 4.57 Å². The van der Waals surface area contributed by atoms with Crippen molar-refractivity contribution < 1.29 is 130 Å². The standard InChI is InChI=1S/C10H12O3.2C9H9FO3.C8H9FO2.C8H7FO2.C2H6O.CH3F.Cl3OP.Na.H2O/c1-3-13-10-6-4-5-9(12-2)8(10)7-11;1-12-6-3-8(10)7(5-11)9(4-6)13-2;1-12-8-3-6(10)4-9(13-2)7(8)5-11;1-10-7-3-6(9)4-8(5-7)11-2;1-11-8-4-2-3-7(9)6(8)5-10;1-2-3;1-2;1-5(2,3)4;;/h4-7H,3H2,1-2H3;2*3-5H,1-2H3;3-5H,1-2H3;2-5H,1H3;3H,2H2,1H3;1H3;;;1H2/q;;;;;;;;+1;/p-1/i;;;;;;1D;;;. The van der Waals surface area contributed by atoms with E-state index in [4.69, 9.17) is 49.1 Å². The number of hydrogen-bond donors (Lipinski definition) is 1. The average Bonchev–Trinajstić information content (AvgIpc) is 3.36. The van der Waals surface area contributed by atoms with Crippen LogP contribution in [0.1, 0.15) is 56.7 Å². The van der Waals surface area contributed by atoms with E-state index in [0.29, 0.717) is 59.8 Å². The summed E-state index contributed by atoms with van der Waals surface area (Å²) < 4.78 is 120. The smallest absolute Gasteiger partial charge is 0.870 e. The molecule has 5 aromatic rings. The Morgan fingerprint density at radius 1 is 0.521 bits per heavy atom. The molecule has 0 aromatic heterocycles. The molecule has 0 aliphatic heterocycles. The van der Waals surface area contributed by atoms with Crippen LogP contribution in [0.3, 0.4) is 0 Å². The van der Waals surface area contributed by atoms with E-state index in [0.717, 1.165) is 24.5 Å². The molecular weight excluding hydrogens is 1080 g/mol. The van der Waals surface area contributed by atoms with Gasteiger partial charge in [0.2, 0.25) is 0 Å². The van der Waals surface area contributed by atoms with Gasteiger partial charge in [0, 0.05) is 49.1 Å². The van der Waals surface area contributed by atoms with Crippen molar-refractivity contribution in [2.45, 2.75) is 13.8 Å². The maximum atomic E-state index is 13.1. The van der Waals surface area contributed by atoms with Crippen molar-refractivity contribution in [1.29, 1.82) is 0 Å². The molecule has 73 heavy (non-hydrogen) atoms. The molecule has 0 amide bonds. The molecule has 0 radical (unpaired) electrons. The minimum absolute atomic E-state index is 0. The first-order valence-corrected chi connectivity index (χ1v) is 23.9. The first-order valence-electron chi connectivity index (χ1n) is 20.2. The number of aliphatic hydroxyl groups is 1. The Morgan fingerprint density at radius 3 is 1.16 bits per heavy atom. The molecule has 0 spiro atoms. The van der Waals surface area contributed by atoms with E-state index >= 15 is 0 Å². The molecule has 0 heterocycles. The summed E-state index contributed by atoms with van der Waals surface area (Å²) in [5.41, 5.74) is 0.552. The Bertz CT molecular complexity index is 2350. The minimum atomic E-state index is -3.22. The van der Waals surface area contributed by atoms with Crippen molar-refractivity contribution in [2.24, 2.45) is 0 Å². The largest absolute Gasteiger partial charge is 1.00 e. The fourth-order valence-electron chi connectivity index (χ4n) is 4.67. The van der Waals surface area contributed by atoms with Crippen LogP contribution in [-0.4, -0.2) is 113 Å². The van der Waals surface area contributed by atoms with Crippen LogP contribution in [0.25, 0.3) is 0 Å². The van der Waals surface area contributed by atoms with E-state index < -0.39 is 29.8 Å². The third-order valence-corrected chi connectivity index (χ3v) is 7.60. The molecule has 0 bridgehead atoms. The minimum Gasteiger partial charge on any atom is -0.870 e. The Balaban J connectivity index is -0.000000254. The van der Waals surface area contributed by atoms with Gasteiger partial charge in [-0.15, -0.1) is 0 Å². The summed E-state index contributed by atoms with van der Waals surface area (Å²) in [5.74, 6) is 1.07. The molecule has 2 N–H and O–H groups in total. The first-order chi connectivity index (χ1) is 34.2. The third-order valence-electron chi connectivity index (χ3n) is 7.60. The van der Waals surface area contributed by atoms with Crippen LogP contribution >= 0.6 is 38.9 Å².